The third-order valence-electron chi connectivity index (χ3n) is 4.28. The summed E-state index contributed by atoms with van der Waals surface area (Å²) in [6.07, 6.45) is 1.66. The van der Waals surface area contributed by atoms with Gasteiger partial charge in [-0.05, 0) is 25.3 Å². The summed E-state index contributed by atoms with van der Waals surface area (Å²) in [4.78, 5) is 14.5. The van der Waals surface area contributed by atoms with E-state index in [4.69, 9.17) is 10.2 Å². The van der Waals surface area contributed by atoms with Crippen LogP contribution >= 0.6 is 0 Å². The molecule has 2 N–H and O–H groups in total. The third-order valence-corrected chi connectivity index (χ3v) is 4.28. The Labute approximate surface area is 129 Å². The smallest absolute Gasteiger partial charge is 0.312 e. The molecule has 3 rings (SSSR count). The summed E-state index contributed by atoms with van der Waals surface area (Å²) in [6, 6.07) is 9.98. The highest BCUT2D eigenvalue weighted by Crippen LogP contribution is 2.29. The number of benzene rings is 1. The highest BCUT2D eigenvalue weighted by molar-refractivity contribution is 5.83. The Morgan fingerprint density at radius 1 is 1.27 bits per heavy atom. The van der Waals surface area contributed by atoms with Crippen LogP contribution in [0.3, 0.4) is 0 Å². The molecular weight excluding hydrogens is 280 g/mol. The number of amides is 1. The van der Waals surface area contributed by atoms with Crippen molar-refractivity contribution in [2.75, 3.05) is 18.8 Å². The van der Waals surface area contributed by atoms with Gasteiger partial charge in [-0.1, -0.05) is 35.4 Å². The molecule has 0 aliphatic carbocycles. The quantitative estimate of drug-likeness (QED) is 0.939. The van der Waals surface area contributed by atoms with Gasteiger partial charge in [-0.15, -0.1) is 5.10 Å². The first-order chi connectivity index (χ1) is 10.6. The van der Waals surface area contributed by atoms with Crippen molar-refractivity contribution in [3.8, 4) is 0 Å². The lowest BCUT2D eigenvalue weighted by atomic mass is 9.94. The molecule has 6 nitrogen and oxygen atoms in total. The van der Waals surface area contributed by atoms with Crippen molar-refractivity contribution in [1.82, 2.24) is 15.1 Å². The van der Waals surface area contributed by atoms with Crippen LogP contribution in [0.2, 0.25) is 0 Å². The van der Waals surface area contributed by atoms with Crippen LogP contribution < -0.4 is 5.73 Å². The Hall–Kier alpha value is -2.37. The van der Waals surface area contributed by atoms with Crippen LogP contribution in [0.15, 0.2) is 34.7 Å². The van der Waals surface area contributed by atoms with E-state index in [2.05, 4.69) is 10.2 Å². The van der Waals surface area contributed by atoms with Crippen molar-refractivity contribution in [3.05, 3.63) is 41.8 Å². The maximum absolute atomic E-state index is 12.6. The zero-order valence-corrected chi connectivity index (χ0v) is 12.6. The highest BCUT2D eigenvalue weighted by atomic mass is 16.4. The fourth-order valence-electron chi connectivity index (χ4n) is 2.92. The van der Waals surface area contributed by atoms with Crippen LogP contribution in [0.25, 0.3) is 0 Å². The van der Waals surface area contributed by atoms with E-state index in [1.807, 2.05) is 42.2 Å². The number of carbonyl (C=O) groups is 1. The Morgan fingerprint density at radius 3 is 2.55 bits per heavy atom. The lowest BCUT2D eigenvalue weighted by Crippen LogP contribution is -2.40. The lowest BCUT2D eigenvalue weighted by molar-refractivity contribution is -0.133. The number of aromatic nitrogens is 2. The molecule has 0 spiro atoms. The molecule has 1 aromatic heterocycles. The number of nitrogens with two attached hydrogens (primary N) is 1. The van der Waals surface area contributed by atoms with E-state index in [0.29, 0.717) is 19.0 Å². The molecule has 2 heterocycles. The van der Waals surface area contributed by atoms with Gasteiger partial charge in [0.15, 0.2) is 0 Å². The molecule has 1 saturated heterocycles. The number of carbonyl (C=O) groups excluding carboxylic acids is 1. The van der Waals surface area contributed by atoms with Crippen molar-refractivity contribution in [3.63, 3.8) is 0 Å². The predicted molar refractivity (Wildman–Crippen MR) is 82.1 cm³/mol. The minimum atomic E-state index is -0.114. The molecule has 1 aliphatic heterocycles. The molecule has 6 heteroatoms. The molecular formula is C16H20N4O2. The summed E-state index contributed by atoms with van der Waals surface area (Å²) in [5.41, 5.74) is 6.52. The van der Waals surface area contributed by atoms with Gasteiger partial charge in [0.05, 0.1) is 5.92 Å². The van der Waals surface area contributed by atoms with Gasteiger partial charge >= 0.3 is 6.01 Å². The molecule has 1 atom stereocenters. The number of hydrogen-bond donors (Lipinski definition) is 1. The summed E-state index contributed by atoms with van der Waals surface area (Å²) >= 11 is 0. The van der Waals surface area contributed by atoms with E-state index in [0.717, 1.165) is 18.4 Å². The van der Waals surface area contributed by atoms with Crippen molar-refractivity contribution < 1.29 is 9.21 Å². The van der Waals surface area contributed by atoms with Gasteiger partial charge < -0.3 is 15.1 Å². The van der Waals surface area contributed by atoms with Crippen LogP contribution in [0.4, 0.5) is 6.01 Å². The van der Waals surface area contributed by atoms with Crippen LogP contribution in [-0.4, -0.2) is 34.1 Å². The average molecular weight is 300 g/mol. The Morgan fingerprint density at radius 2 is 1.95 bits per heavy atom. The molecule has 1 aromatic carbocycles. The van der Waals surface area contributed by atoms with Crippen LogP contribution in [-0.2, 0) is 4.79 Å². The van der Waals surface area contributed by atoms with E-state index in [-0.39, 0.29) is 23.8 Å². The van der Waals surface area contributed by atoms with Crippen LogP contribution in [0.1, 0.15) is 43.1 Å². The minimum absolute atomic E-state index is 0.103. The Kier molecular flexibility index (Phi) is 4.09. The number of anilines is 1. The maximum Gasteiger partial charge on any atom is 0.312 e. The standard InChI is InChI=1S/C16H20N4O2/c1-11(12-5-3-2-4-6-12)15(21)20-9-7-13(8-10-20)14-18-19-16(17)22-14/h2-6,11,13H,7-10H2,1H3,(H2,17,19). The fourth-order valence-corrected chi connectivity index (χ4v) is 2.92. The van der Waals surface area contributed by atoms with Gasteiger partial charge in [0.2, 0.25) is 11.8 Å². The van der Waals surface area contributed by atoms with Gasteiger partial charge in [0.1, 0.15) is 0 Å². The molecule has 1 unspecified atom stereocenters. The first kappa shape index (κ1) is 14.6. The summed E-state index contributed by atoms with van der Waals surface area (Å²) < 4.78 is 5.29. The molecule has 1 amide bonds. The molecule has 116 valence electrons. The van der Waals surface area contributed by atoms with Gasteiger partial charge in [0, 0.05) is 19.0 Å². The predicted octanol–water partition coefficient (Wildman–Crippen LogP) is 2.16. The van der Waals surface area contributed by atoms with Crippen LogP contribution in [0.5, 0.6) is 0 Å². The first-order valence-electron chi connectivity index (χ1n) is 7.57. The zero-order chi connectivity index (χ0) is 15.5. The van der Waals surface area contributed by atoms with Gasteiger partial charge in [0.25, 0.3) is 0 Å². The summed E-state index contributed by atoms with van der Waals surface area (Å²) in [5.74, 6) is 0.841. The highest BCUT2D eigenvalue weighted by Gasteiger charge is 2.29. The van der Waals surface area contributed by atoms with Crippen molar-refractivity contribution >= 4 is 11.9 Å². The summed E-state index contributed by atoms with van der Waals surface area (Å²) in [6.45, 7) is 3.38. The van der Waals surface area contributed by atoms with Crippen molar-refractivity contribution in [2.45, 2.75) is 31.6 Å². The second-order valence-electron chi connectivity index (χ2n) is 5.71. The molecule has 1 fully saturated rings. The van der Waals surface area contributed by atoms with E-state index in [1.165, 1.54) is 0 Å². The molecule has 2 aromatic rings. The normalized spacial score (nSPS) is 17.4. The fraction of sp³-hybridized carbons (Fsp3) is 0.438. The Balaban J connectivity index is 1.60. The Bertz CT molecular complexity index is 633. The summed E-state index contributed by atoms with van der Waals surface area (Å²) in [5, 5.41) is 7.64. The first-order valence-corrected chi connectivity index (χ1v) is 7.57. The minimum Gasteiger partial charge on any atom is -0.408 e. The zero-order valence-electron chi connectivity index (χ0n) is 12.6. The SMILES string of the molecule is CC(C(=O)N1CCC(c2nnc(N)o2)CC1)c1ccccc1. The van der Waals surface area contributed by atoms with E-state index < -0.39 is 0 Å². The number of nitrogen functional groups attached to an aromatic ring is 1. The second-order valence-corrected chi connectivity index (χ2v) is 5.71. The molecule has 0 saturated carbocycles. The number of piperidine rings is 1. The summed E-state index contributed by atoms with van der Waals surface area (Å²) in [7, 11) is 0. The third kappa shape index (κ3) is 2.95. The van der Waals surface area contributed by atoms with Crippen molar-refractivity contribution in [2.24, 2.45) is 0 Å². The van der Waals surface area contributed by atoms with E-state index >= 15 is 0 Å². The monoisotopic (exact) mass is 300 g/mol. The van der Waals surface area contributed by atoms with E-state index in [1.54, 1.807) is 0 Å². The number of likely N-dealkylation sites (tertiary alicyclic amines) is 1. The molecule has 22 heavy (non-hydrogen) atoms. The van der Waals surface area contributed by atoms with Crippen LogP contribution in [0, 0.1) is 0 Å². The lowest BCUT2D eigenvalue weighted by Gasteiger charge is -2.32. The number of nitrogens with zero attached hydrogens (tertiary/aromatic N) is 3. The van der Waals surface area contributed by atoms with Gasteiger partial charge in [-0.2, -0.15) is 0 Å². The number of hydrogen-bond acceptors (Lipinski definition) is 5. The molecule has 1 aliphatic rings. The van der Waals surface area contributed by atoms with E-state index in [9.17, 15) is 4.79 Å². The molecule has 0 bridgehead atoms. The largest absolute Gasteiger partial charge is 0.408 e. The van der Waals surface area contributed by atoms with Gasteiger partial charge in [-0.25, -0.2) is 0 Å². The topological polar surface area (TPSA) is 85.2 Å². The average Bonchev–Trinajstić information content (AvgIpc) is 3.01. The molecule has 0 radical (unpaired) electrons. The second kappa shape index (κ2) is 6.17. The van der Waals surface area contributed by atoms with Crippen molar-refractivity contribution in [1.29, 1.82) is 0 Å². The van der Waals surface area contributed by atoms with Gasteiger partial charge in [-0.3, -0.25) is 4.79 Å². The maximum atomic E-state index is 12.6. The number of rotatable bonds is 3.